The summed E-state index contributed by atoms with van der Waals surface area (Å²) in [5, 5.41) is 7.36. The smallest absolute Gasteiger partial charge is 0.267 e. The molecule has 2 aliphatic rings. The molecule has 5 nitrogen and oxygen atoms in total. The standard InChI is InChI=1S/C14H17ClF2N4O/c1-8(22)20-4-2-9-3-5-21(11(9)7-20)12-6-10(14(16)17)13(15)19-18-12/h6,9,11,14H,2-5,7H2,1H3/t9-,11-/m0/s1. The second-order valence-corrected chi connectivity index (χ2v) is 6.17. The van der Waals surface area contributed by atoms with Gasteiger partial charge in [0, 0.05) is 26.6 Å². The normalized spacial score (nSPS) is 24.8. The SMILES string of the molecule is CC(=O)N1CC[C@H]2CCN(c3cc(C(F)F)c(Cl)nn3)[C@H]2C1. The Hall–Kier alpha value is -1.50. The van der Waals surface area contributed by atoms with E-state index in [1.54, 1.807) is 11.8 Å². The summed E-state index contributed by atoms with van der Waals surface area (Å²) in [5.41, 5.74) is -0.297. The van der Waals surface area contributed by atoms with Crippen LogP contribution in [0.3, 0.4) is 0 Å². The molecule has 1 aromatic heterocycles. The zero-order valence-corrected chi connectivity index (χ0v) is 12.9. The minimum atomic E-state index is -2.68. The Morgan fingerprint density at radius 1 is 1.36 bits per heavy atom. The molecule has 0 N–H and O–H groups in total. The molecule has 2 aliphatic heterocycles. The van der Waals surface area contributed by atoms with Gasteiger partial charge in [-0.1, -0.05) is 11.6 Å². The number of piperidine rings is 1. The first-order valence-electron chi connectivity index (χ1n) is 7.30. The van der Waals surface area contributed by atoms with Crippen LogP contribution in [0.15, 0.2) is 6.07 Å². The maximum Gasteiger partial charge on any atom is 0.267 e. The van der Waals surface area contributed by atoms with Gasteiger partial charge in [0.05, 0.1) is 11.6 Å². The Bertz CT molecular complexity index is 586. The fourth-order valence-corrected chi connectivity index (χ4v) is 3.56. The quantitative estimate of drug-likeness (QED) is 0.836. The zero-order valence-electron chi connectivity index (χ0n) is 12.2. The topological polar surface area (TPSA) is 49.3 Å². The van der Waals surface area contributed by atoms with E-state index in [1.165, 1.54) is 6.07 Å². The second kappa shape index (κ2) is 5.95. The minimum absolute atomic E-state index is 0.0424. The fourth-order valence-electron chi connectivity index (χ4n) is 3.38. The van der Waals surface area contributed by atoms with Gasteiger partial charge in [-0.25, -0.2) is 8.78 Å². The van der Waals surface area contributed by atoms with E-state index in [-0.39, 0.29) is 22.7 Å². The van der Waals surface area contributed by atoms with Gasteiger partial charge in [-0.3, -0.25) is 4.79 Å². The van der Waals surface area contributed by atoms with Crippen LogP contribution in [0.25, 0.3) is 0 Å². The molecule has 0 saturated carbocycles. The number of hydrogen-bond donors (Lipinski definition) is 0. The highest BCUT2D eigenvalue weighted by Gasteiger charge is 2.40. The van der Waals surface area contributed by atoms with E-state index in [0.29, 0.717) is 18.3 Å². The van der Waals surface area contributed by atoms with Gasteiger partial charge in [0.25, 0.3) is 6.43 Å². The molecular formula is C14H17ClF2N4O. The molecule has 8 heteroatoms. The third kappa shape index (κ3) is 2.74. The van der Waals surface area contributed by atoms with Crippen molar-refractivity contribution < 1.29 is 13.6 Å². The van der Waals surface area contributed by atoms with E-state index in [0.717, 1.165) is 25.9 Å². The predicted molar refractivity (Wildman–Crippen MR) is 78.1 cm³/mol. The molecule has 22 heavy (non-hydrogen) atoms. The summed E-state index contributed by atoms with van der Waals surface area (Å²) in [6.45, 7) is 3.66. The van der Waals surface area contributed by atoms with Gasteiger partial charge in [-0.05, 0) is 24.8 Å². The van der Waals surface area contributed by atoms with Gasteiger partial charge >= 0.3 is 0 Å². The Balaban J connectivity index is 1.85. The molecule has 0 bridgehead atoms. The first-order valence-corrected chi connectivity index (χ1v) is 7.68. The number of aromatic nitrogens is 2. The zero-order chi connectivity index (χ0) is 15.9. The van der Waals surface area contributed by atoms with Crippen molar-refractivity contribution in [2.45, 2.75) is 32.2 Å². The number of fused-ring (bicyclic) bond motifs is 1. The van der Waals surface area contributed by atoms with E-state index in [1.807, 2.05) is 4.90 Å². The lowest BCUT2D eigenvalue weighted by molar-refractivity contribution is -0.130. The van der Waals surface area contributed by atoms with Gasteiger partial charge in [0.15, 0.2) is 11.0 Å². The molecule has 2 saturated heterocycles. The van der Waals surface area contributed by atoms with Crippen molar-refractivity contribution in [3.8, 4) is 0 Å². The molecule has 1 aromatic rings. The molecule has 3 rings (SSSR count). The van der Waals surface area contributed by atoms with Crippen LogP contribution < -0.4 is 4.90 Å². The largest absolute Gasteiger partial charge is 0.350 e. The van der Waals surface area contributed by atoms with Crippen molar-refractivity contribution in [3.05, 3.63) is 16.8 Å². The number of carbonyl (C=O) groups is 1. The van der Waals surface area contributed by atoms with Crippen molar-refractivity contribution in [2.24, 2.45) is 5.92 Å². The Labute approximate surface area is 132 Å². The number of amides is 1. The minimum Gasteiger partial charge on any atom is -0.350 e. The molecule has 120 valence electrons. The van der Waals surface area contributed by atoms with Gasteiger partial charge < -0.3 is 9.80 Å². The highest BCUT2D eigenvalue weighted by Crippen LogP contribution is 2.36. The summed E-state index contributed by atoms with van der Waals surface area (Å²) in [7, 11) is 0. The third-order valence-electron chi connectivity index (χ3n) is 4.60. The van der Waals surface area contributed by atoms with Crippen molar-refractivity contribution in [2.75, 3.05) is 24.5 Å². The first-order chi connectivity index (χ1) is 10.5. The number of rotatable bonds is 2. The molecule has 2 atom stereocenters. The molecule has 0 unspecified atom stereocenters. The van der Waals surface area contributed by atoms with Crippen LogP contribution in [0.5, 0.6) is 0 Å². The summed E-state index contributed by atoms with van der Waals surface area (Å²) in [4.78, 5) is 15.4. The molecular weight excluding hydrogens is 314 g/mol. The second-order valence-electron chi connectivity index (χ2n) is 5.81. The summed E-state index contributed by atoms with van der Waals surface area (Å²) in [5.74, 6) is 0.918. The van der Waals surface area contributed by atoms with E-state index >= 15 is 0 Å². The number of alkyl halides is 2. The summed E-state index contributed by atoms with van der Waals surface area (Å²) >= 11 is 5.67. The molecule has 1 amide bonds. The van der Waals surface area contributed by atoms with Crippen molar-refractivity contribution in [1.82, 2.24) is 15.1 Å². The van der Waals surface area contributed by atoms with Gasteiger partial charge in [0.1, 0.15) is 0 Å². The number of carbonyl (C=O) groups excluding carboxylic acids is 1. The Morgan fingerprint density at radius 3 is 2.77 bits per heavy atom. The Morgan fingerprint density at radius 2 is 2.09 bits per heavy atom. The maximum atomic E-state index is 13.0. The van der Waals surface area contributed by atoms with Crippen LogP contribution in [-0.4, -0.2) is 46.7 Å². The van der Waals surface area contributed by atoms with Crippen LogP contribution in [0, 0.1) is 5.92 Å². The van der Waals surface area contributed by atoms with Crippen LogP contribution in [0.1, 0.15) is 31.8 Å². The molecule has 3 heterocycles. The lowest BCUT2D eigenvalue weighted by Gasteiger charge is -2.38. The molecule has 0 aromatic carbocycles. The Kier molecular flexibility index (Phi) is 4.16. The number of likely N-dealkylation sites (tertiary alicyclic amines) is 1. The number of anilines is 1. The van der Waals surface area contributed by atoms with Crippen molar-refractivity contribution in [1.29, 1.82) is 0 Å². The van der Waals surface area contributed by atoms with E-state index in [4.69, 9.17) is 11.6 Å². The molecule has 2 fully saturated rings. The monoisotopic (exact) mass is 330 g/mol. The van der Waals surface area contributed by atoms with Crippen LogP contribution in [-0.2, 0) is 4.79 Å². The molecule has 0 radical (unpaired) electrons. The highest BCUT2D eigenvalue weighted by molar-refractivity contribution is 6.30. The average molecular weight is 331 g/mol. The van der Waals surface area contributed by atoms with Gasteiger partial charge in [0.2, 0.25) is 5.91 Å². The predicted octanol–water partition coefficient (Wildman–Crippen LogP) is 2.51. The van der Waals surface area contributed by atoms with Crippen LogP contribution in [0.2, 0.25) is 5.15 Å². The third-order valence-corrected chi connectivity index (χ3v) is 4.89. The van der Waals surface area contributed by atoms with Crippen molar-refractivity contribution >= 4 is 23.3 Å². The molecule has 0 aliphatic carbocycles. The first kappa shape index (κ1) is 15.4. The van der Waals surface area contributed by atoms with Crippen LogP contribution >= 0.6 is 11.6 Å². The fraction of sp³-hybridized carbons (Fsp3) is 0.643. The highest BCUT2D eigenvalue weighted by atomic mass is 35.5. The summed E-state index contributed by atoms with van der Waals surface area (Å²) in [6, 6.07) is 1.42. The summed E-state index contributed by atoms with van der Waals surface area (Å²) < 4.78 is 25.9. The maximum absolute atomic E-state index is 13.0. The van der Waals surface area contributed by atoms with Crippen molar-refractivity contribution in [3.63, 3.8) is 0 Å². The van der Waals surface area contributed by atoms with E-state index in [2.05, 4.69) is 10.2 Å². The lowest BCUT2D eigenvalue weighted by Crippen LogP contribution is -2.49. The van der Waals surface area contributed by atoms with Crippen LogP contribution in [0.4, 0.5) is 14.6 Å². The number of nitrogens with zero attached hydrogens (tertiary/aromatic N) is 4. The number of hydrogen-bond acceptors (Lipinski definition) is 4. The number of halogens is 3. The summed E-state index contributed by atoms with van der Waals surface area (Å²) in [6.07, 6.45) is -0.769. The van der Waals surface area contributed by atoms with Gasteiger partial charge in [-0.15, -0.1) is 10.2 Å². The van der Waals surface area contributed by atoms with Gasteiger partial charge in [-0.2, -0.15) is 0 Å². The molecule has 0 spiro atoms. The lowest BCUT2D eigenvalue weighted by atomic mass is 9.92. The average Bonchev–Trinajstić information content (AvgIpc) is 2.90. The van der Waals surface area contributed by atoms with E-state index in [9.17, 15) is 13.6 Å². The van der Waals surface area contributed by atoms with E-state index < -0.39 is 6.43 Å².